The summed E-state index contributed by atoms with van der Waals surface area (Å²) in [5, 5.41) is 5.03. The predicted octanol–water partition coefficient (Wildman–Crippen LogP) is 9.28. The van der Waals surface area contributed by atoms with Crippen LogP contribution in [-0.2, 0) is 0 Å². The van der Waals surface area contributed by atoms with Crippen molar-refractivity contribution in [2.75, 3.05) is 0 Å². The van der Waals surface area contributed by atoms with Crippen LogP contribution in [0.1, 0.15) is 0 Å². The Balaban J connectivity index is 1.55. The fraction of sp³-hybridized carbons (Fsp3) is 0. The molecule has 0 atom stereocenters. The summed E-state index contributed by atoms with van der Waals surface area (Å²) in [5.74, 6) is 0.722. The first-order valence-electron chi connectivity index (χ1n) is 12.7. The predicted molar refractivity (Wildman–Crippen MR) is 160 cm³/mol. The van der Waals surface area contributed by atoms with Crippen molar-refractivity contribution in [2.24, 2.45) is 0 Å². The Kier molecular flexibility index (Phi) is 4.69. The average molecular weight is 504 g/mol. The minimum atomic E-state index is 0.722. The molecular formula is C34H21N3S. The Bertz CT molecular complexity index is 2120. The van der Waals surface area contributed by atoms with Gasteiger partial charge in [0.25, 0.3) is 0 Å². The van der Waals surface area contributed by atoms with Crippen LogP contribution < -0.4 is 0 Å². The fourth-order valence-electron chi connectivity index (χ4n) is 5.59. The highest BCUT2D eigenvalue weighted by molar-refractivity contribution is 7.26. The van der Waals surface area contributed by atoms with E-state index in [1.165, 1.54) is 36.5 Å². The summed E-state index contributed by atoms with van der Waals surface area (Å²) < 4.78 is 4.96. The number of benzene rings is 5. The largest absolute Gasteiger partial charge is 0.305 e. The van der Waals surface area contributed by atoms with E-state index in [-0.39, 0.29) is 0 Å². The summed E-state index contributed by atoms with van der Waals surface area (Å²) >= 11 is 1.85. The van der Waals surface area contributed by atoms with Gasteiger partial charge in [0.05, 0.1) is 28.6 Å². The van der Waals surface area contributed by atoms with Gasteiger partial charge in [0.1, 0.15) is 0 Å². The van der Waals surface area contributed by atoms with Crippen LogP contribution in [0.15, 0.2) is 128 Å². The molecule has 0 unspecified atom stereocenters. The van der Waals surface area contributed by atoms with E-state index in [1.54, 1.807) is 0 Å². The standard InChI is InChI=1S/C34H21N3S/c1-3-11-22(12-4-1)32-28(21-35-34(36-32)23-13-5-2-6-14-23)37-27-17-9-7-15-24(27)25-19-20-30-31(33(25)37)26-16-8-10-18-29(26)38-30/h1-21H. The highest BCUT2D eigenvalue weighted by atomic mass is 32.1. The molecule has 0 saturated carbocycles. The number of thiophene rings is 1. The van der Waals surface area contributed by atoms with Crippen LogP contribution in [0, 0.1) is 0 Å². The second-order valence-corrected chi connectivity index (χ2v) is 10.5. The first-order chi connectivity index (χ1) is 18.9. The van der Waals surface area contributed by atoms with E-state index in [2.05, 4.69) is 102 Å². The number of fused-ring (bicyclic) bond motifs is 7. The zero-order valence-electron chi connectivity index (χ0n) is 20.4. The molecule has 0 radical (unpaired) electrons. The minimum absolute atomic E-state index is 0.722. The smallest absolute Gasteiger partial charge is 0.159 e. The Hall–Kier alpha value is -4.80. The molecule has 0 saturated heterocycles. The molecule has 178 valence electrons. The maximum absolute atomic E-state index is 5.18. The van der Waals surface area contributed by atoms with E-state index in [0.29, 0.717) is 0 Å². The number of rotatable bonds is 3. The molecule has 0 bridgehead atoms. The molecule has 3 aromatic heterocycles. The Morgan fingerprint density at radius 3 is 2.05 bits per heavy atom. The van der Waals surface area contributed by atoms with Crippen LogP contribution in [0.5, 0.6) is 0 Å². The number of aromatic nitrogens is 3. The SMILES string of the molecule is c1ccc(-c2ncc(-n3c4ccccc4c4ccc5sc6ccccc6c5c43)c(-c3ccccc3)n2)cc1. The third kappa shape index (κ3) is 3.14. The van der Waals surface area contributed by atoms with E-state index >= 15 is 0 Å². The quantitative estimate of drug-likeness (QED) is 0.240. The van der Waals surface area contributed by atoms with Crippen molar-refractivity contribution in [2.45, 2.75) is 0 Å². The lowest BCUT2D eigenvalue weighted by Crippen LogP contribution is -2.02. The fourth-order valence-corrected chi connectivity index (χ4v) is 6.70. The summed E-state index contributed by atoms with van der Waals surface area (Å²) in [7, 11) is 0. The maximum atomic E-state index is 5.18. The molecule has 0 aliphatic carbocycles. The summed E-state index contributed by atoms with van der Waals surface area (Å²) in [6.45, 7) is 0. The molecule has 38 heavy (non-hydrogen) atoms. The van der Waals surface area contributed by atoms with Gasteiger partial charge < -0.3 is 4.57 Å². The van der Waals surface area contributed by atoms with Crippen molar-refractivity contribution in [1.82, 2.24) is 14.5 Å². The van der Waals surface area contributed by atoms with Crippen molar-refractivity contribution in [3.05, 3.63) is 128 Å². The van der Waals surface area contributed by atoms with Crippen LogP contribution in [0.4, 0.5) is 0 Å². The summed E-state index contributed by atoms with van der Waals surface area (Å²) in [4.78, 5) is 10.1. The molecule has 8 rings (SSSR count). The molecule has 3 heterocycles. The molecule has 0 fully saturated rings. The van der Waals surface area contributed by atoms with Crippen molar-refractivity contribution >= 4 is 53.3 Å². The third-order valence-corrected chi connectivity index (χ3v) is 8.40. The van der Waals surface area contributed by atoms with Gasteiger partial charge in [0.2, 0.25) is 0 Å². The molecular weight excluding hydrogens is 482 g/mol. The Labute approximate surface area is 223 Å². The lowest BCUT2D eigenvalue weighted by Gasteiger charge is -2.15. The molecule has 0 aliphatic rings. The van der Waals surface area contributed by atoms with E-state index in [0.717, 1.165) is 33.8 Å². The first-order valence-corrected chi connectivity index (χ1v) is 13.5. The van der Waals surface area contributed by atoms with Crippen LogP contribution in [0.2, 0.25) is 0 Å². The zero-order valence-corrected chi connectivity index (χ0v) is 21.2. The van der Waals surface area contributed by atoms with Crippen LogP contribution in [-0.4, -0.2) is 14.5 Å². The van der Waals surface area contributed by atoms with E-state index in [1.807, 2.05) is 41.8 Å². The molecule has 4 heteroatoms. The van der Waals surface area contributed by atoms with Gasteiger partial charge in [-0.15, -0.1) is 11.3 Å². The highest BCUT2D eigenvalue weighted by Crippen LogP contribution is 2.43. The van der Waals surface area contributed by atoms with Crippen LogP contribution in [0.3, 0.4) is 0 Å². The normalized spacial score (nSPS) is 11.7. The summed E-state index contributed by atoms with van der Waals surface area (Å²) in [6.07, 6.45) is 2.00. The van der Waals surface area contributed by atoms with Gasteiger partial charge >= 0.3 is 0 Å². The van der Waals surface area contributed by atoms with Crippen LogP contribution >= 0.6 is 11.3 Å². The lowest BCUT2D eigenvalue weighted by atomic mass is 10.1. The number of para-hydroxylation sites is 1. The molecule has 0 amide bonds. The van der Waals surface area contributed by atoms with Crippen molar-refractivity contribution in [3.8, 4) is 28.3 Å². The lowest BCUT2D eigenvalue weighted by molar-refractivity contribution is 1.09. The summed E-state index contributed by atoms with van der Waals surface area (Å²) in [5.41, 5.74) is 6.32. The van der Waals surface area contributed by atoms with E-state index < -0.39 is 0 Å². The Morgan fingerprint density at radius 1 is 0.553 bits per heavy atom. The summed E-state index contributed by atoms with van der Waals surface area (Å²) in [6, 6.07) is 42.5. The number of nitrogens with zero attached hydrogens (tertiary/aromatic N) is 3. The van der Waals surface area contributed by atoms with Crippen molar-refractivity contribution in [1.29, 1.82) is 0 Å². The highest BCUT2D eigenvalue weighted by Gasteiger charge is 2.21. The van der Waals surface area contributed by atoms with E-state index in [9.17, 15) is 0 Å². The minimum Gasteiger partial charge on any atom is -0.305 e. The molecule has 3 nitrogen and oxygen atoms in total. The van der Waals surface area contributed by atoms with Gasteiger partial charge in [-0.3, -0.25) is 0 Å². The monoisotopic (exact) mass is 503 g/mol. The third-order valence-electron chi connectivity index (χ3n) is 7.26. The second kappa shape index (κ2) is 8.37. The Morgan fingerprint density at radius 2 is 1.24 bits per heavy atom. The molecule has 5 aromatic carbocycles. The van der Waals surface area contributed by atoms with Gasteiger partial charge in [0.15, 0.2) is 5.82 Å². The number of hydrogen-bond acceptors (Lipinski definition) is 3. The van der Waals surface area contributed by atoms with Gasteiger partial charge in [-0.1, -0.05) is 103 Å². The first kappa shape index (κ1) is 21.3. The maximum Gasteiger partial charge on any atom is 0.159 e. The second-order valence-electron chi connectivity index (χ2n) is 9.45. The van der Waals surface area contributed by atoms with Crippen molar-refractivity contribution in [3.63, 3.8) is 0 Å². The molecule has 8 aromatic rings. The van der Waals surface area contributed by atoms with Crippen molar-refractivity contribution < 1.29 is 0 Å². The van der Waals surface area contributed by atoms with Gasteiger partial charge in [-0.25, -0.2) is 9.97 Å². The molecule has 0 aliphatic heterocycles. The van der Waals surface area contributed by atoms with Crippen LogP contribution in [0.25, 0.3) is 70.3 Å². The van der Waals surface area contributed by atoms with E-state index in [4.69, 9.17) is 9.97 Å². The average Bonchev–Trinajstić information content (AvgIpc) is 3.53. The number of hydrogen-bond donors (Lipinski definition) is 0. The topological polar surface area (TPSA) is 30.7 Å². The van der Waals surface area contributed by atoms with Gasteiger partial charge in [-0.05, 0) is 18.2 Å². The molecule has 0 N–H and O–H groups in total. The molecule has 0 spiro atoms. The zero-order chi connectivity index (χ0) is 25.1. The van der Waals surface area contributed by atoms with Gasteiger partial charge in [0, 0.05) is 42.1 Å². The van der Waals surface area contributed by atoms with Gasteiger partial charge in [-0.2, -0.15) is 0 Å².